The lowest BCUT2D eigenvalue weighted by molar-refractivity contribution is -0.143. The summed E-state index contributed by atoms with van der Waals surface area (Å²) in [4.78, 5) is 36.9. The van der Waals surface area contributed by atoms with Gasteiger partial charge in [-0.25, -0.2) is 0 Å². The molecule has 2 aromatic carbocycles. The van der Waals surface area contributed by atoms with Gasteiger partial charge in [0, 0.05) is 5.02 Å². The molecule has 1 amide bonds. The Labute approximate surface area is 137 Å². The van der Waals surface area contributed by atoms with Crippen molar-refractivity contribution in [2.75, 3.05) is 11.4 Å². The highest BCUT2D eigenvalue weighted by Gasteiger charge is 2.36. The summed E-state index contributed by atoms with van der Waals surface area (Å²) >= 11 is 5.78. The third kappa shape index (κ3) is 3.10. The summed E-state index contributed by atoms with van der Waals surface area (Å²) in [6.45, 7) is -0.219. The van der Waals surface area contributed by atoms with Crippen LogP contribution >= 0.6 is 11.6 Å². The number of fused-ring (bicyclic) bond motifs is 1. The predicted molar refractivity (Wildman–Crippen MR) is 84.4 cm³/mol. The molecule has 0 spiro atoms. The molecule has 6 heteroatoms. The van der Waals surface area contributed by atoms with Gasteiger partial charge in [-0.1, -0.05) is 35.9 Å². The van der Waals surface area contributed by atoms with Crippen LogP contribution in [0.3, 0.4) is 0 Å². The number of esters is 1. The van der Waals surface area contributed by atoms with Crippen LogP contribution in [-0.4, -0.2) is 24.2 Å². The smallest absolute Gasteiger partial charge is 0.326 e. The molecule has 2 aromatic rings. The van der Waals surface area contributed by atoms with E-state index in [4.69, 9.17) is 16.3 Å². The van der Waals surface area contributed by atoms with Crippen molar-refractivity contribution in [3.63, 3.8) is 0 Å². The van der Waals surface area contributed by atoms with Crippen LogP contribution in [0, 0.1) is 0 Å². The zero-order valence-electron chi connectivity index (χ0n) is 12.0. The molecule has 1 aliphatic rings. The topological polar surface area (TPSA) is 63.7 Å². The third-order valence-corrected chi connectivity index (χ3v) is 3.73. The summed E-state index contributed by atoms with van der Waals surface area (Å²) in [6, 6.07) is 13.5. The largest absolute Gasteiger partial charge is 0.459 e. The lowest BCUT2D eigenvalue weighted by Crippen LogP contribution is -2.35. The SMILES string of the molecule is O=C(CN1C(=O)C(=O)c2ccccc21)OCc1ccc(Cl)cc1. The minimum atomic E-state index is -0.713. The quantitative estimate of drug-likeness (QED) is 0.639. The minimum Gasteiger partial charge on any atom is -0.459 e. The molecule has 23 heavy (non-hydrogen) atoms. The number of halogens is 1. The highest BCUT2D eigenvalue weighted by atomic mass is 35.5. The van der Waals surface area contributed by atoms with Crippen LogP contribution in [-0.2, 0) is 20.9 Å². The summed E-state index contributed by atoms with van der Waals surface area (Å²) < 4.78 is 5.14. The molecule has 0 saturated heterocycles. The van der Waals surface area contributed by atoms with Crippen molar-refractivity contribution in [2.24, 2.45) is 0 Å². The number of Topliss-reactive ketones (excluding diaryl/α,β-unsaturated/α-hetero) is 1. The van der Waals surface area contributed by atoms with Gasteiger partial charge in [-0.05, 0) is 29.8 Å². The Bertz CT molecular complexity index is 785. The molecule has 0 fully saturated rings. The van der Waals surface area contributed by atoms with Crippen molar-refractivity contribution in [1.29, 1.82) is 0 Å². The second kappa shape index (κ2) is 6.22. The summed E-state index contributed by atoms with van der Waals surface area (Å²) in [5.41, 5.74) is 1.53. The predicted octanol–water partition coefficient (Wildman–Crippen LogP) is 2.61. The van der Waals surface area contributed by atoms with Gasteiger partial charge in [0.15, 0.2) is 0 Å². The van der Waals surface area contributed by atoms with Crippen LogP contribution in [0.2, 0.25) is 5.02 Å². The summed E-state index contributed by atoms with van der Waals surface area (Å²) in [6.07, 6.45) is 0. The summed E-state index contributed by atoms with van der Waals surface area (Å²) in [5, 5.41) is 0.595. The van der Waals surface area contributed by atoms with E-state index in [0.29, 0.717) is 16.3 Å². The second-order valence-electron chi connectivity index (χ2n) is 5.02. The van der Waals surface area contributed by atoms with Gasteiger partial charge in [-0.3, -0.25) is 19.3 Å². The Kier molecular flexibility index (Phi) is 4.12. The highest BCUT2D eigenvalue weighted by molar-refractivity contribution is 6.52. The molecule has 3 rings (SSSR count). The molecule has 0 saturated carbocycles. The highest BCUT2D eigenvalue weighted by Crippen LogP contribution is 2.28. The second-order valence-corrected chi connectivity index (χ2v) is 5.46. The Morgan fingerprint density at radius 1 is 1.04 bits per heavy atom. The van der Waals surface area contributed by atoms with Crippen molar-refractivity contribution in [3.8, 4) is 0 Å². The number of carbonyl (C=O) groups is 3. The molecule has 5 nitrogen and oxygen atoms in total. The molecule has 0 aromatic heterocycles. The van der Waals surface area contributed by atoms with Crippen LogP contribution in [0.4, 0.5) is 5.69 Å². The van der Waals surface area contributed by atoms with Crippen LogP contribution in [0.5, 0.6) is 0 Å². The van der Waals surface area contributed by atoms with Crippen LogP contribution < -0.4 is 4.90 Å². The lowest BCUT2D eigenvalue weighted by atomic mass is 10.1. The van der Waals surface area contributed by atoms with E-state index in [0.717, 1.165) is 10.5 Å². The molecular formula is C17H12ClNO4. The number of hydrogen-bond donors (Lipinski definition) is 0. The van der Waals surface area contributed by atoms with E-state index in [1.807, 2.05) is 0 Å². The van der Waals surface area contributed by atoms with Crippen LogP contribution in [0.1, 0.15) is 15.9 Å². The number of amides is 1. The number of benzene rings is 2. The van der Waals surface area contributed by atoms with Gasteiger partial charge in [-0.15, -0.1) is 0 Å². The van der Waals surface area contributed by atoms with Crippen molar-refractivity contribution in [1.82, 2.24) is 0 Å². The van der Waals surface area contributed by atoms with Gasteiger partial charge in [0.1, 0.15) is 13.2 Å². The fourth-order valence-electron chi connectivity index (χ4n) is 2.32. The molecular weight excluding hydrogens is 318 g/mol. The maximum Gasteiger partial charge on any atom is 0.326 e. The summed E-state index contributed by atoms with van der Waals surface area (Å²) in [5.74, 6) is -1.90. The first-order chi connectivity index (χ1) is 11.1. The number of rotatable bonds is 4. The molecule has 0 bridgehead atoms. The number of para-hydroxylation sites is 1. The Hall–Kier alpha value is -2.66. The normalized spacial score (nSPS) is 13.2. The first-order valence-corrected chi connectivity index (χ1v) is 7.29. The van der Waals surface area contributed by atoms with Gasteiger partial charge in [-0.2, -0.15) is 0 Å². The number of ketones is 1. The number of nitrogens with zero attached hydrogens (tertiary/aromatic N) is 1. The Balaban J connectivity index is 1.65. The monoisotopic (exact) mass is 329 g/mol. The van der Waals surface area contributed by atoms with Crippen LogP contribution in [0.15, 0.2) is 48.5 Å². The average Bonchev–Trinajstić information content (AvgIpc) is 2.80. The van der Waals surface area contributed by atoms with Gasteiger partial charge < -0.3 is 4.74 Å². The fraction of sp³-hybridized carbons (Fsp3) is 0.118. The molecule has 0 atom stereocenters. The van der Waals surface area contributed by atoms with Crippen LogP contribution in [0.25, 0.3) is 0 Å². The number of ether oxygens (including phenoxy) is 1. The van der Waals surface area contributed by atoms with Crippen molar-refractivity contribution < 1.29 is 19.1 Å². The summed E-state index contributed by atoms with van der Waals surface area (Å²) in [7, 11) is 0. The Morgan fingerprint density at radius 3 is 2.48 bits per heavy atom. The maximum atomic E-state index is 12.0. The van der Waals surface area contributed by atoms with E-state index < -0.39 is 17.7 Å². The third-order valence-electron chi connectivity index (χ3n) is 3.48. The van der Waals surface area contributed by atoms with Crippen molar-refractivity contribution in [3.05, 3.63) is 64.7 Å². The molecule has 0 N–H and O–H groups in total. The molecule has 1 heterocycles. The first kappa shape index (κ1) is 15.2. The standard InChI is InChI=1S/C17H12ClNO4/c18-12-7-5-11(6-8-12)10-23-15(20)9-19-14-4-2-1-3-13(14)16(21)17(19)22/h1-8H,9-10H2. The zero-order chi connectivity index (χ0) is 16.4. The number of anilines is 1. The Morgan fingerprint density at radius 2 is 1.74 bits per heavy atom. The van der Waals surface area contributed by atoms with E-state index >= 15 is 0 Å². The number of carbonyl (C=O) groups excluding carboxylic acids is 3. The van der Waals surface area contributed by atoms with E-state index in [1.54, 1.807) is 48.5 Å². The zero-order valence-corrected chi connectivity index (χ0v) is 12.7. The molecule has 1 aliphatic heterocycles. The molecule has 0 aliphatic carbocycles. The first-order valence-electron chi connectivity index (χ1n) is 6.91. The average molecular weight is 330 g/mol. The fourth-order valence-corrected chi connectivity index (χ4v) is 2.45. The van der Waals surface area contributed by atoms with Gasteiger partial charge in [0.2, 0.25) is 0 Å². The van der Waals surface area contributed by atoms with Crippen molar-refractivity contribution in [2.45, 2.75) is 6.61 Å². The maximum absolute atomic E-state index is 12.0. The number of hydrogen-bond acceptors (Lipinski definition) is 4. The van der Waals surface area contributed by atoms with Gasteiger partial charge >= 0.3 is 5.97 Å². The van der Waals surface area contributed by atoms with E-state index in [1.165, 1.54) is 0 Å². The van der Waals surface area contributed by atoms with E-state index in [-0.39, 0.29) is 13.2 Å². The molecule has 0 unspecified atom stereocenters. The van der Waals surface area contributed by atoms with Crippen molar-refractivity contribution >= 4 is 34.9 Å². The molecule has 116 valence electrons. The minimum absolute atomic E-state index is 0.0770. The van der Waals surface area contributed by atoms with E-state index in [9.17, 15) is 14.4 Å². The van der Waals surface area contributed by atoms with Gasteiger partial charge in [0.05, 0.1) is 11.3 Å². The van der Waals surface area contributed by atoms with E-state index in [2.05, 4.69) is 0 Å². The lowest BCUT2D eigenvalue weighted by Gasteiger charge is -2.15. The van der Waals surface area contributed by atoms with Gasteiger partial charge in [0.25, 0.3) is 11.7 Å². The molecule has 0 radical (unpaired) electrons.